The summed E-state index contributed by atoms with van der Waals surface area (Å²) in [6.45, 7) is 2.10. The van der Waals surface area contributed by atoms with Crippen molar-refractivity contribution >= 4 is 22.6 Å². The SMILES string of the molecule is CNC(Cc1ccccc1F)c1cccc(C)c1I. The molecule has 0 spiro atoms. The summed E-state index contributed by atoms with van der Waals surface area (Å²) < 4.78 is 15.0. The third kappa shape index (κ3) is 3.34. The van der Waals surface area contributed by atoms with Crippen molar-refractivity contribution in [1.29, 1.82) is 0 Å². The third-order valence-electron chi connectivity index (χ3n) is 3.33. The molecule has 0 aliphatic rings. The van der Waals surface area contributed by atoms with Crippen molar-refractivity contribution < 1.29 is 4.39 Å². The van der Waals surface area contributed by atoms with Gasteiger partial charge in [0.2, 0.25) is 0 Å². The molecule has 0 fully saturated rings. The molecule has 0 aliphatic heterocycles. The standard InChI is InChI=1S/C16H17FIN/c1-11-6-5-8-13(16(11)18)15(19-2)10-12-7-3-4-9-14(12)17/h3-9,15,19H,10H2,1-2H3. The molecule has 1 N–H and O–H groups in total. The van der Waals surface area contributed by atoms with Crippen LogP contribution in [0.2, 0.25) is 0 Å². The fraction of sp³-hybridized carbons (Fsp3) is 0.250. The van der Waals surface area contributed by atoms with Gasteiger partial charge in [-0.1, -0.05) is 36.4 Å². The Balaban J connectivity index is 2.31. The van der Waals surface area contributed by atoms with E-state index in [1.54, 1.807) is 6.07 Å². The lowest BCUT2D eigenvalue weighted by Gasteiger charge is -2.19. The average Bonchev–Trinajstić information content (AvgIpc) is 2.41. The number of likely N-dealkylation sites (N-methyl/N-ethyl adjacent to an activating group) is 1. The molecule has 19 heavy (non-hydrogen) atoms. The van der Waals surface area contributed by atoms with Crippen molar-refractivity contribution in [2.45, 2.75) is 19.4 Å². The topological polar surface area (TPSA) is 12.0 Å². The summed E-state index contributed by atoms with van der Waals surface area (Å²) in [7, 11) is 1.92. The van der Waals surface area contributed by atoms with Gasteiger partial charge in [-0.2, -0.15) is 0 Å². The number of rotatable bonds is 4. The van der Waals surface area contributed by atoms with Crippen LogP contribution in [0.15, 0.2) is 42.5 Å². The summed E-state index contributed by atoms with van der Waals surface area (Å²) >= 11 is 2.36. The van der Waals surface area contributed by atoms with Gasteiger partial charge < -0.3 is 5.32 Å². The van der Waals surface area contributed by atoms with E-state index in [0.29, 0.717) is 6.42 Å². The highest BCUT2D eigenvalue weighted by Gasteiger charge is 2.15. The molecule has 0 saturated heterocycles. The van der Waals surface area contributed by atoms with Crippen molar-refractivity contribution in [2.24, 2.45) is 0 Å². The Hall–Kier alpha value is -0.940. The van der Waals surface area contributed by atoms with Crippen LogP contribution in [0, 0.1) is 16.3 Å². The maximum atomic E-state index is 13.8. The zero-order valence-corrected chi connectivity index (χ0v) is 13.2. The zero-order valence-electron chi connectivity index (χ0n) is 11.1. The molecular formula is C16H17FIN. The normalized spacial score (nSPS) is 12.4. The van der Waals surface area contributed by atoms with Gasteiger partial charge in [0, 0.05) is 9.61 Å². The second-order valence-corrected chi connectivity index (χ2v) is 5.69. The first kappa shape index (κ1) is 14.5. The predicted octanol–water partition coefficient (Wildman–Crippen LogP) is 4.24. The second-order valence-electron chi connectivity index (χ2n) is 4.61. The lowest BCUT2D eigenvalue weighted by Crippen LogP contribution is -2.20. The van der Waals surface area contributed by atoms with Crippen molar-refractivity contribution in [3.63, 3.8) is 0 Å². The highest BCUT2D eigenvalue weighted by molar-refractivity contribution is 14.1. The van der Waals surface area contributed by atoms with Gasteiger partial charge in [0.05, 0.1) is 0 Å². The number of hydrogen-bond donors (Lipinski definition) is 1. The van der Waals surface area contributed by atoms with Gasteiger partial charge >= 0.3 is 0 Å². The van der Waals surface area contributed by atoms with E-state index >= 15 is 0 Å². The van der Waals surface area contributed by atoms with E-state index in [-0.39, 0.29) is 11.9 Å². The molecule has 0 radical (unpaired) electrons. The molecule has 3 heteroatoms. The molecule has 1 unspecified atom stereocenters. The Kier molecular flexibility index (Phi) is 4.93. The van der Waals surface area contributed by atoms with Crippen LogP contribution in [-0.4, -0.2) is 7.05 Å². The second kappa shape index (κ2) is 6.48. The average molecular weight is 369 g/mol. The van der Waals surface area contributed by atoms with E-state index in [4.69, 9.17) is 0 Å². The molecular weight excluding hydrogens is 352 g/mol. The summed E-state index contributed by atoms with van der Waals surface area (Å²) in [4.78, 5) is 0. The quantitative estimate of drug-likeness (QED) is 0.795. The molecule has 0 bridgehead atoms. The van der Waals surface area contributed by atoms with Crippen LogP contribution in [-0.2, 0) is 6.42 Å². The predicted molar refractivity (Wildman–Crippen MR) is 85.8 cm³/mol. The first-order valence-corrected chi connectivity index (χ1v) is 7.37. The van der Waals surface area contributed by atoms with E-state index in [1.807, 2.05) is 19.2 Å². The molecule has 0 amide bonds. The van der Waals surface area contributed by atoms with Crippen LogP contribution in [0.3, 0.4) is 0 Å². The van der Waals surface area contributed by atoms with Gasteiger partial charge in [0.15, 0.2) is 0 Å². The van der Waals surface area contributed by atoms with Crippen LogP contribution >= 0.6 is 22.6 Å². The Morgan fingerprint density at radius 3 is 2.58 bits per heavy atom. The van der Waals surface area contributed by atoms with Crippen molar-refractivity contribution in [3.8, 4) is 0 Å². The molecule has 1 nitrogen and oxygen atoms in total. The zero-order chi connectivity index (χ0) is 13.8. The van der Waals surface area contributed by atoms with E-state index in [0.717, 1.165) is 5.56 Å². The van der Waals surface area contributed by atoms with Crippen LogP contribution in [0.1, 0.15) is 22.7 Å². The monoisotopic (exact) mass is 369 g/mol. The van der Waals surface area contributed by atoms with Gasteiger partial charge in [-0.3, -0.25) is 0 Å². The van der Waals surface area contributed by atoms with Crippen LogP contribution < -0.4 is 5.32 Å². The van der Waals surface area contributed by atoms with E-state index in [1.165, 1.54) is 20.8 Å². The first-order valence-electron chi connectivity index (χ1n) is 6.29. The molecule has 1 atom stereocenters. The minimum atomic E-state index is -0.134. The fourth-order valence-corrected chi connectivity index (χ4v) is 2.93. The molecule has 100 valence electrons. The lowest BCUT2D eigenvalue weighted by atomic mass is 9.97. The number of benzene rings is 2. The third-order valence-corrected chi connectivity index (χ3v) is 4.80. The summed E-state index contributed by atoms with van der Waals surface area (Å²) in [5, 5.41) is 3.29. The summed E-state index contributed by atoms with van der Waals surface area (Å²) in [5.41, 5.74) is 3.23. The molecule has 0 aromatic heterocycles. The smallest absolute Gasteiger partial charge is 0.126 e. The summed E-state index contributed by atoms with van der Waals surface area (Å²) in [6.07, 6.45) is 0.655. The van der Waals surface area contributed by atoms with Crippen molar-refractivity contribution in [2.75, 3.05) is 7.05 Å². The lowest BCUT2D eigenvalue weighted by molar-refractivity contribution is 0.552. The molecule has 2 aromatic carbocycles. The minimum Gasteiger partial charge on any atom is -0.313 e. The number of halogens is 2. The molecule has 2 rings (SSSR count). The van der Waals surface area contributed by atoms with Crippen LogP contribution in [0.4, 0.5) is 4.39 Å². The van der Waals surface area contributed by atoms with Gasteiger partial charge in [-0.25, -0.2) is 4.39 Å². The summed E-state index contributed by atoms with van der Waals surface area (Å²) in [6, 6.07) is 13.4. The minimum absolute atomic E-state index is 0.128. The van der Waals surface area contributed by atoms with Gasteiger partial charge in [0.25, 0.3) is 0 Å². The molecule has 0 saturated carbocycles. The Labute approximate surface area is 127 Å². The van der Waals surface area contributed by atoms with Crippen LogP contribution in [0.25, 0.3) is 0 Å². The van der Waals surface area contributed by atoms with Gasteiger partial charge in [-0.15, -0.1) is 0 Å². The Morgan fingerprint density at radius 2 is 1.89 bits per heavy atom. The van der Waals surface area contributed by atoms with Crippen molar-refractivity contribution in [3.05, 3.63) is 68.5 Å². The molecule has 0 heterocycles. The van der Waals surface area contributed by atoms with E-state index in [9.17, 15) is 4.39 Å². The first-order chi connectivity index (χ1) is 9.13. The van der Waals surface area contributed by atoms with Gasteiger partial charge in [0.1, 0.15) is 5.82 Å². The largest absolute Gasteiger partial charge is 0.313 e. The van der Waals surface area contributed by atoms with Crippen molar-refractivity contribution in [1.82, 2.24) is 5.32 Å². The summed E-state index contributed by atoms with van der Waals surface area (Å²) in [5.74, 6) is -0.134. The van der Waals surface area contributed by atoms with E-state index in [2.05, 4.69) is 53.0 Å². The van der Waals surface area contributed by atoms with Crippen LogP contribution in [0.5, 0.6) is 0 Å². The Morgan fingerprint density at radius 1 is 1.16 bits per heavy atom. The molecule has 2 aromatic rings. The highest BCUT2D eigenvalue weighted by Crippen LogP contribution is 2.26. The number of aryl methyl sites for hydroxylation is 1. The fourth-order valence-electron chi connectivity index (χ4n) is 2.19. The highest BCUT2D eigenvalue weighted by atomic mass is 127. The number of nitrogens with one attached hydrogen (secondary N) is 1. The van der Waals surface area contributed by atoms with E-state index < -0.39 is 0 Å². The number of hydrogen-bond acceptors (Lipinski definition) is 1. The molecule has 0 aliphatic carbocycles. The van der Waals surface area contributed by atoms with Gasteiger partial charge in [-0.05, 0) is 65.7 Å². The Bertz CT molecular complexity index is 568. The maximum Gasteiger partial charge on any atom is 0.126 e. The maximum absolute atomic E-state index is 13.8.